The molecule has 0 aromatic heterocycles. The number of nitrogens with one attached hydrogen (secondary N) is 2. The fourth-order valence-electron chi connectivity index (χ4n) is 3.28. The topological polar surface area (TPSA) is 105 Å². The van der Waals surface area contributed by atoms with E-state index in [1.165, 1.54) is 4.90 Å². The minimum Gasteiger partial charge on any atom is -0.493 e. The number of amides is 3. The van der Waals surface area contributed by atoms with E-state index in [4.69, 9.17) is 4.74 Å². The van der Waals surface area contributed by atoms with Crippen molar-refractivity contribution in [3.8, 4) is 5.75 Å². The van der Waals surface area contributed by atoms with E-state index >= 15 is 0 Å². The molecule has 1 aliphatic heterocycles. The van der Waals surface area contributed by atoms with Crippen LogP contribution in [-0.2, 0) is 20.4 Å². The van der Waals surface area contributed by atoms with Crippen molar-refractivity contribution in [1.82, 2.24) is 14.9 Å². The molecule has 0 bridgehead atoms. The molecule has 1 aromatic carbocycles. The third kappa shape index (κ3) is 6.80. The standard InChI is InChI=1S/C22H31N3O5S/c1-21(2,3)16-30-18-9-7-8-17(14-18)22(10-11-22)24-31(28,29)13-6-4-5-12-25-15-19(26)23-20(25)27/h4-5,7-9,14,24H,6,10-13,15-16H2,1-3H3,(H,23,26,27)/b5-4+. The lowest BCUT2D eigenvalue weighted by Crippen LogP contribution is -2.36. The molecule has 0 spiro atoms. The summed E-state index contributed by atoms with van der Waals surface area (Å²) in [5.41, 5.74) is 0.399. The van der Waals surface area contributed by atoms with Gasteiger partial charge in [-0.1, -0.05) is 45.1 Å². The van der Waals surface area contributed by atoms with Crippen molar-refractivity contribution >= 4 is 22.0 Å². The van der Waals surface area contributed by atoms with Crippen LogP contribution in [0, 0.1) is 5.41 Å². The van der Waals surface area contributed by atoms with Gasteiger partial charge in [0.2, 0.25) is 15.9 Å². The number of nitrogens with zero attached hydrogens (tertiary/aromatic N) is 1. The molecule has 3 rings (SSSR count). The van der Waals surface area contributed by atoms with Crippen LogP contribution in [0.15, 0.2) is 36.4 Å². The second kappa shape index (κ2) is 9.00. The summed E-state index contributed by atoms with van der Waals surface area (Å²) in [6.07, 6.45) is 5.25. The van der Waals surface area contributed by atoms with Crippen molar-refractivity contribution in [2.24, 2.45) is 5.41 Å². The van der Waals surface area contributed by atoms with E-state index in [0.29, 0.717) is 13.0 Å². The molecule has 0 unspecified atom stereocenters. The molecule has 1 aliphatic carbocycles. The fraction of sp³-hybridized carbons (Fsp3) is 0.545. The molecule has 1 saturated carbocycles. The van der Waals surface area contributed by atoms with Crippen LogP contribution >= 0.6 is 0 Å². The van der Waals surface area contributed by atoms with Gasteiger partial charge in [0.25, 0.3) is 0 Å². The average molecular weight is 450 g/mol. The molecule has 0 radical (unpaired) electrons. The van der Waals surface area contributed by atoms with Gasteiger partial charge in [-0.2, -0.15) is 0 Å². The zero-order valence-corrected chi connectivity index (χ0v) is 19.1. The summed E-state index contributed by atoms with van der Waals surface area (Å²) in [6, 6.07) is 7.21. The molecule has 8 nitrogen and oxygen atoms in total. The third-order valence-corrected chi connectivity index (χ3v) is 6.55. The Bertz CT molecular complexity index is 962. The maximum absolute atomic E-state index is 12.6. The lowest BCUT2D eigenvalue weighted by molar-refractivity contribution is -0.118. The van der Waals surface area contributed by atoms with Crippen LogP contribution < -0.4 is 14.8 Å². The van der Waals surface area contributed by atoms with Crippen LogP contribution in [0.4, 0.5) is 4.79 Å². The average Bonchev–Trinajstić information content (AvgIpc) is 3.37. The van der Waals surface area contributed by atoms with E-state index < -0.39 is 21.6 Å². The Morgan fingerprint density at radius 1 is 1.23 bits per heavy atom. The van der Waals surface area contributed by atoms with Crippen LogP contribution in [0.1, 0.15) is 45.6 Å². The summed E-state index contributed by atoms with van der Waals surface area (Å²) in [5, 5.41) is 2.20. The molecular weight excluding hydrogens is 418 g/mol. The Balaban J connectivity index is 1.52. The van der Waals surface area contributed by atoms with Gasteiger partial charge in [-0.05, 0) is 42.4 Å². The van der Waals surface area contributed by atoms with Gasteiger partial charge < -0.3 is 9.64 Å². The zero-order valence-electron chi connectivity index (χ0n) is 18.3. The van der Waals surface area contributed by atoms with Gasteiger partial charge in [-0.3, -0.25) is 10.1 Å². The molecule has 170 valence electrons. The van der Waals surface area contributed by atoms with Gasteiger partial charge in [-0.25, -0.2) is 17.9 Å². The Morgan fingerprint density at radius 2 is 1.97 bits per heavy atom. The SMILES string of the molecule is CC(C)(C)COc1cccc(C2(NS(=O)(=O)CC/C=C/CN3CC(=O)NC3=O)CC2)c1. The van der Waals surface area contributed by atoms with E-state index in [1.54, 1.807) is 12.2 Å². The van der Waals surface area contributed by atoms with Gasteiger partial charge >= 0.3 is 6.03 Å². The van der Waals surface area contributed by atoms with Crippen molar-refractivity contribution in [2.75, 3.05) is 25.4 Å². The Labute approximate surface area is 184 Å². The summed E-state index contributed by atoms with van der Waals surface area (Å²) in [4.78, 5) is 24.0. The van der Waals surface area contributed by atoms with E-state index in [0.717, 1.165) is 24.2 Å². The Morgan fingerprint density at radius 3 is 2.58 bits per heavy atom. The predicted molar refractivity (Wildman–Crippen MR) is 118 cm³/mol. The molecule has 2 fully saturated rings. The van der Waals surface area contributed by atoms with Gasteiger partial charge in [0.1, 0.15) is 12.3 Å². The molecule has 1 aromatic rings. The molecular formula is C22H31N3O5S. The highest BCUT2D eigenvalue weighted by Crippen LogP contribution is 2.47. The number of carbonyl (C=O) groups excluding carboxylic acids is 2. The zero-order chi connectivity index (χ0) is 22.7. The third-order valence-electron chi connectivity index (χ3n) is 5.07. The van der Waals surface area contributed by atoms with E-state index in [1.807, 2.05) is 24.3 Å². The van der Waals surface area contributed by atoms with Crippen LogP contribution in [0.5, 0.6) is 5.75 Å². The fourth-order valence-corrected chi connectivity index (χ4v) is 4.75. The van der Waals surface area contributed by atoms with Gasteiger partial charge in [0.05, 0.1) is 17.9 Å². The first-order valence-corrected chi connectivity index (χ1v) is 12.1. The summed E-state index contributed by atoms with van der Waals surface area (Å²) in [6.45, 7) is 7.18. The summed E-state index contributed by atoms with van der Waals surface area (Å²) in [5.74, 6) is 0.370. The minimum atomic E-state index is -3.48. The smallest absolute Gasteiger partial charge is 0.324 e. The number of sulfonamides is 1. The van der Waals surface area contributed by atoms with Gasteiger partial charge in [0.15, 0.2) is 0 Å². The first-order chi connectivity index (χ1) is 14.5. The lowest BCUT2D eigenvalue weighted by Gasteiger charge is -2.21. The number of hydrogen-bond donors (Lipinski definition) is 2. The van der Waals surface area contributed by atoms with Crippen LogP contribution in [0.3, 0.4) is 0 Å². The lowest BCUT2D eigenvalue weighted by atomic mass is 9.98. The minimum absolute atomic E-state index is 0.0318. The number of urea groups is 1. The monoisotopic (exact) mass is 449 g/mol. The number of rotatable bonds is 10. The molecule has 2 aliphatic rings. The Kier molecular flexibility index (Phi) is 6.76. The second-order valence-electron chi connectivity index (χ2n) is 9.37. The predicted octanol–water partition coefficient (Wildman–Crippen LogP) is 2.52. The Hall–Kier alpha value is -2.39. The highest BCUT2D eigenvalue weighted by Gasteiger charge is 2.47. The number of carbonyl (C=O) groups is 2. The highest BCUT2D eigenvalue weighted by atomic mass is 32.2. The first kappa shape index (κ1) is 23.3. The largest absolute Gasteiger partial charge is 0.493 e. The maximum Gasteiger partial charge on any atom is 0.324 e. The van der Waals surface area contributed by atoms with E-state index in [9.17, 15) is 18.0 Å². The van der Waals surface area contributed by atoms with Crippen LogP contribution in [-0.4, -0.2) is 50.7 Å². The number of allylic oxidation sites excluding steroid dienone is 1. The molecule has 1 heterocycles. The number of ether oxygens (including phenoxy) is 1. The van der Waals surface area contributed by atoms with Crippen molar-refractivity contribution < 1.29 is 22.7 Å². The van der Waals surface area contributed by atoms with Crippen molar-refractivity contribution in [2.45, 2.75) is 45.6 Å². The summed E-state index contributed by atoms with van der Waals surface area (Å²) < 4.78 is 34.0. The maximum atomic E-state index is 12.6. The molecule has 2 N–H and O–H groups in total. The van der Waals surface area contributed by atoms with Crippen molar-refractivity contribution in [3.05, 3.63) is 42.0 Å². The normalized spacial score (nSPS) is 18.5. The summed E-state index contributed by atoms with van der Waals surface area (Å²) in [7, 11) is -3.48. The number of hydrogen-bond acceptors (Lipinski definition) is 5. The highest BCUT2D eigenvalue weighted by molar-refractivity contribution is 7.89. The van der Waals surface area contributed by atoms with E-state index in [-0.39, 0.29) is 30.2 Å². The van der Waals surface area contributed by atoms with Crippen LogP contribution in [0.2, 0.25) is 0 Å². The molecule has 0 atom stereocenters. The van der Waals surface area contributed by atoms with Gasteiger partial charge in [0, 0.05) is 6.54 Å². The van der Waals surface area contributed by atoms with Gasteiger partial charge in [-0.15, -0.1) is 0 Å². The second-order valence-corrected chi connectivity index (χ2v) is 11.2. The molecule has 31 heavy (non-hydrogen) atoms. The molecule has 9 heteroatoms. The van der Waals surface area contributed by atoms with Crippen molar-refractivity contribution in [1.29, 1.82) is 0 Å². The molecule has 3 amide bonds. The van der Waals surface area contributed by atoms with Crippen molar-refractivity contribution in [3.63, 3.8) is 0 Å². The number of benzene rings is 1. The summed E-state index contributed by atoms with van der Waals surface area (Å²) >= 11 is 0. The van der Waals surface area contributed by atoms with E-state index in [2.05, 4.69) is 30.8 Å². The molecule has 1 saturated heterocycles. The van der Waals surface area contributed by atoms with Crippen LogP contribution in [0.25, 0.3) is 0 Å². The first-order valence-electron chi connectivity index (χ1n) is 10.5. The number of imide groups is 1. The quantitative estimate of drug-likeness (QED) is 0.422.